The fourth-order valence-corrected chi connectivity index (χ4v) is 6.89. The SMILES string of the molecule is C#CC=NC(=N)c1cc(-c2ccc3c(c2)SC(C=C)=C(/C=C\C)O3)cc(-c2ccc3c4ccccc4c4ccccc4c3c2)c1. The summed E-state index contributed by atoms with van der Waals surface area (Å²) in [5.74, 6) is 4.11. The third-order valence-electron chi connectivity index (χ3n) is 8.02. The Morgan fingerprint density at radius 1 is 0.778 bits per heavy atom. The van der Waals surface area contributed by atoms with E-state index in [4.69, 9.17) is 16.6 Å². The summed E-state index contributed by atoms with van der Waals surface area (Å²) in [4.78, 5) is 6.17. The van der Waals surface area contributed by atoms with Crippen LogP contribution in [0.3, 0.4) is 0 Å². The summed E-state index contributed by atoms with van der Waals surface area (Å²) in [7, 11) is 0. The topological polar surface area (TPSA) is 45.4 Å². The van der Waals surface area contributed by atoms with E-state index in [2.05, 4.69) is 102 Å². The fraction of sp³-hybridized carbons (Fsp3) is 0.0244. The molecule has 0 saturated heterocycles. The summed E-state index contributed by atoms with van der Waals surface area (Å²) in [5.41, 5.74) is 4.71. The molecule has 0 radical (unpaired) electrons. The van der Waals surface area contributed by atoms with Crippen LogP contribution in [0.25, 0.3) is 54.6 Å². The van der Waals surface area contributed by atoms with Gasteiger partial charge in [-0.25, -0.2) is 4.99 Å². The second kappa shape index (κ2) is 11.8. The standard InChI is InChI=1S/C41H28N2OS/c1-4-11-37-39(6-3)45-40-25-27(17-19-38(40)44-37)29-21-28(22-30(23-29)41(42)43-20-5-2)26-16-18-35-33-14-8-7-12-31(33)32-13-9-10-15-34(32)36(35)24-26/h2,4,6-25,42H,3H2,1H3/b11-4-,42-41?,43-20?. The summed E-state index contributed by atoms with van der Waals surface area (Å²) in [6.07, 6.45) is 12.5. The molecule has 0 atom stereocenters. The van der Waals surface area contributed by atoms with Gasteiger partial charge in [0.1, 0.15) is 11.5 Å². The molecule has 1 aliphatic rings. The quantitative estimate of drug-likeness (QED) is 0.0931. The van der Waals surface area contributed by atoms with E-state index in [0.717, 1.165) is 43.6 Å². The number of nitrogens with zero attached hydrogens (tertiary/aromatic N) is 1. The minimum atomic E-state index is 0.108. The molecule has 6 aromatic rings. The Morgan fingerprint density at radius 3 is 2.00 bits per heavy atom. The van der Waals surface area contributed by atoms with Crippen LogP contribution in [0.1, 0.15) is 12.5 Å². The highest BCUT2D eigenvalue weighted by Crippen LogP contribution is 2.45. The molecule has 1 heterocycles. The maximum Gasteiger partial charge on any atom is 0.152 e. The summed E-state index contributed by atoms with van der Waals surface area (Å²) in [6.45, 7) is 5.95. The van der Waals surface area contributed by atoms with Crippen molar-refractivity contribution in [3.8, 4) is 40.3 Å². The largest absolute Gasteiger partial charge is 0.455 e. The van der Waals surface area contributed by atoms with E-state index in [1.807, 2.05) is 43.4 Å². The van der Waals surface area contributed by atoms with Crippen molar-refractivity contribution in [3.63, 3.8) is 0 Å². The molecule has 214 valence electrons. The Balaban J connectivity index is 1.40. The molecule has 0 bridgehead atoms. The molecule has 0 fully saturated rings. The molecule has 0 amide bonds. The first-order valence-electron chi connectivity index (χ1n) is 14.6. The van der Waals surface area contributed by atoms with Crippen LogP contribution < -0.4 is 4.74 Å². The zero-order chi connectivity index (χ0) is 30.9. The number of hydrogen-bond acceptors (Lipinski definition) is 3. The number of rotatable bonds is 5. The molecule has 0 unspecified atom stereocenters. The van der Waals surface area contributed by atoms with Crippen molar-refractivity contribution in [2.45, 2.75) is 11.8 Å². The molecule has 3 nitrogen and oxygen atoms in total. The van der Waals surface area contributed by atoms with Crippen molar-refractivity contribution in [2.75, 3.05) is 0 Å². The second-order valence-corrected chi connectivity index (χ2v) is 11.8. The van der Waals surface area contributed by atoms with Gasteiger partial charge in [-0.05, 0) is 104 Å². The molecule has 0 aliphatic carbocycles. The number of ether oxygens (including phenoxy) is 1. The van der Waals surface area contributed by atoms with Crippen LogP contribution in [-0.2, 0) is 0 Å². The van der Waals surface area contributed by atoms with Crippen LogP contribution in [-0.4, -0.2) is 12.1 Å². The van der Waals surface area contributed by atoms with E-state index in [0.29, 0.717) is 5.56 Å². The van der Waals surface area contributed by atoms with E-state index in [9.17, 15) is 0 Å². The lowest BCUT2D eigenvalue weighted by Gasteiger charge is -2.20. The van der Waals surface area contributed by atoms with Gasteiger partial charge in [-0.15, -0.1) is 6.42 Å². The van der Waals surface area contributed by atoms with E-state index >= 15 is 0 Å². The van der Waals surface area contributed by atoms with Crippen LogP contribution in [0.5, 0.6) is 5.75 Å². The van der Waals surface area contributed by atoms with Crippen LogP contribution in [0.2, 0.25) is 0 Å². The van der Waals surface area contributed by atoms with Gasteiger partial charge in [0.2, 0.25) is 0 Å². The minimum Gasteiger partial charge on any atom is -0.455 e. The normalized spacial score (nSPS) is 13.0. The lowest BCUT2D eigenvalue weighted by Crippen LogP contribution is -2.02. The predicted molar refractivity (Wildman–Crippen MR) is 193 cm³/mol. The Hall–Kier alpha value is -5.63. The molecule has 0 aromatic heterocycles. The van der Waals surface area contributed by atoms with E-state index in [-0.39, 0.29) is 5.84 Å². The van der Waals surface area contributed by atoms with Crippen molar-refractivity contribution in [3.05, 3.63) is 144 Å². The molecular formula is C41H28N2OS. The Morgan fingerprint density at radius 2 is 1.38 bits per heavy atom. The first-order valence-corrected chi connectivity index (χ1v) is 15.5. The van der Waals surface area contributed by atoms with E-state index < -0.39 is 0 Å². The van der Waals surface area contributed by atoms with Crippen LogP contribution in [0, 0.1) is 17.8 Å². The predicted octanol–water partition coefficient (Wildman–Crippen LogP) is 11.0. The van der Waals surface area contributed by atoms with Gasteiger partial charge in [-0.1, -0.05) is 103 Å². The minimum absolute atomic E-state index is 0.108. The molecule has 0 spiro atoms. The zero-order valence-electron chi connectivity index (χ0n) is 24.7. The number of allylic oxidation sites excluding steroid dienone is 3. The number of amidine groups is 1. The molecule has 1 N–H and O–H groups in total. The molecule has 7 rings (SSSR count). The maximum atomic E-state index is 8.70. The fourth-order valence-electron chi connectivity index (χ4n) is 5.96. The first-order chi connectivity index (χ1) is 22.1. The van der Waals surface area contributed by atoms with Gasteiger partial charge in [-0.2, -0.15) is 0 Å². The number of hydrogen-bond donors (Lipinski definition) is 1. The van der Waals surface area contributed by atoms with Crippen molar-refractivity contribution in [1.29, 1.82) is 5.41 Å². The monoisotopic (exact) mass is 596 g/mol. The lowest BCUT2D eigenvalue weighted by atomic mass is 9.90. The van der Waals surface area contributed by atoms with E-state index in [1.54, 1.807) is 11.8 Å². The van der Waals surface area contributed by atoms with Gasteiger partial charge in [0, 0.05) is 5.56 Å². The number of fused-ring (bicyclic) bond motifs is 7. The van der Waals surface area contributed by atoms with E-state index in [1.165, 1.54) is 38.5 Å². The third kappa shape index (κ3) is 5.14. The molecule has 45 heavy (non-hydrogen) atoms. The first kappa shape index (κ1) is 28.2. The van der Waals surface area contributed by atoms with Crippen molar-refractivity contribution < 1.29 is 4.74 Å². The highest BCUT2D eigenvalue weighted by atomic mass is 32.2. The number of benzene rings is 6. The van der Waals surface area contributed by atoms with Gasteiger partial charge in [-0.3, -0.25) is 5.41 Å². The van der Waals surface area contributed by atoms with Crippen LogP contribution in [0.4, 0.5) is 0 Å². The molecule has 4 heteroatoms. The average molecular weight is 597 g/mol. The molecule has 0 saturated carbocycles. The number of aliphatic imine (C=N–C) groups is 1. The van der Waals surface area contributed by atoms with Gasteiger partial charge >= 0.3 is 0 Å². The molecular weight excluding hydrogens is 569 g/mol. The Labute approximate surface area is 266 Å². The zero-order valence-corrected chi connectivity index (χ0v) is 25.5. The van der Waals surface area contributed by atoms with Gasteiger partial charge in [0.25, 0.3) is 0 Å². The van der Waals surface area contributed by atoms with Gasteiger partial charge < -0.3 is 4.74 Å². The summed E-state index contributed by atoms with van der Waals surface area (Å²) in [5, 5.41) is 16.0. The van der Waals surface area contributed by atoms with Crippen LogP contribution >= 0.6 is 11.8 Å². The van der Waals surface area contributed by atoms with Gasteiger partial charge in [0.15, 0.2) is 5.84 Å². The molecule has 1 aliphatic heterocycles. The Kier molecular flexibility index (Phi) is 7.39. The summed E-state index contributed by atoms with van der Waals surface area (Å²) >= 11 is 1.64. The average Bonchev–Trinajstić information content (AvgIpc) is 3.10. The number of terminal acetylenes is 1. The smallest absolute Gasteiger partial charge is 0.152 e. The highest BCUT2D eigenvalue weighted by Gasteiger charge is 2.19. The van der Waals surface area contributed by atoms with Crippen molar-refractivity contribution in [2.24, 2.45) is 4.99 Å². The number of thioether (sulfide) groups is 1. The lowest BCUT2D eigenvalue weighted by molar-refractivity contribution is 0.429. The second-order valence-electron chi connectivity index (χ2n) is 10.7. The number of nitrogens with one attached hydrogen (secondary N) is 1. The molecule has 6 aromatic carbocycles. The van der Waals surface area contributed by atoms with Gasteiger partial charge in [0.05, 0.1) is 16.0 Å². The third-order valence-corrected chi connectivity index (χ3v) is 9.14. The highest BCUT2D eigenvalue weighted by molar-refractivity contribution is 8.03. The van der Waals surface area contributed by atoms with Crippen molar-refractivity contribution in [1.82, 2.24) is 0 Å². The van der Waals surface area contributed by atoms with Crippen LogP contribution in [0.15, 0.2) is 148 Å². The Bertz CT molecular complexity index is 2300. The summed E-state index contributed by atoms with van der Waals surface area (Å²) < 4.78 is 6.20. The maximum absolute atomic E-state index is 8.70. The summed E-state index contributed by atoms with van der Waals surface area (Å²) in [6, 6.07) is 36.2. The van der Waals surface area contributed by atoms with Crippen molar-refractivity contribution >= 4 is 56.1 Å².